The normalized spacial score (nSPS) is 29.4. The van der Waals surface area contributed by atoms with Gasteiger partial charge in [-0.2, -0.15) is 0 Å². The lowest BCUT2D eigenvalue weighted by atomic mass is 9.75. The van der Waals surface area contributed by atoms with Crippen molar-refractivity contribution in [2.45, 2.75) is 70.4 Å². The van der Waals surface area contributed by atoms with Crippen LogP contribution >= 0.6 is 23.4 Å². The van der Waals surface area contributed by atoms with Gasteiger partial charge in [-0.05, 0) is 73.5 Å². The largest absolute Gasteiger partial charge is 0.341 e. The lowest BCUT2D eigenvalue weighted by molar-refractivity contribution is -0.132. The highest BCUT2D eigenvalue weighted by Crippen LogP contribution is 2.48. The van der Waals surface area contributed by atoms with Gasteiger partial charge in [0, 0.05) is 49.4 Å². The maximum atomic E-state index is 13.0. The van der Waals surface area contributed by atoms with E-state index in [9.17, 15) is 4.79 Å². The summed E-state index contributed by atoms with van der Waals surface area (Å²) in [7, 11) is 2.02. The molecule has 0 N–H and O–H groups in total. The van der Waals surface area contributed by atoms with Gasteiger partial charge in [0.25, 0.3) is 0 Å². The summed E-state index contributed by atoms with van der Waals surface area (Å²) >= 11 is 8.13. The van der Waals surface area contributed by atoms with Gasteiger partial charge < -0.3 is 4.90 Å². The van der Waals surface area contributed by atoms with Crippen LogP contribution in [-0.4, -0.2) is 53.7 Å². The Morgan fingerprint density at radius 1 is 1.16 bits per heavy atom. The average Bonchev–Trinajstić information content (AvgIpc) is 3.44. The number of likely N-dealkylation sites (N-methyl/N-ethyl adjacent to an activating group) is 1. The summed E-state index contributed by atoms with van der Waals surface area (Å²) in [5.74, 6) is 2.94. The molecule has 2 heterocycles. The number of amides is 1. The van der Waals surface area contributed by atoms with Crippen molar-refractivity contribution in [1.82, 2.24) is 9.80 Å². The smallest absolute Gasteiger partial charge is 0.223 e. The maximum absolute atomic E-state index is 13.0. The first-order valence-corrected chi connectivity index (χ1v) is 13.4. The molecule has 1 amide bonds. The molecule has 1 saturated heterocycles. The SMILES string of the molecule is CC(C)N1CCC(N(C)C(=O)CC2C=C(C3CCCCC3c3ccc(Cl)cc3)SC2)C1. The molecular weight excluding hydrogens is 424 g/mol. The molecule has 2 fully saturated rings. The molecule has 4 rings (SSSR count). The van der Waals surface area contributed by atoms with Crippen LogP contribution in [0.25, 0.3) is 0 Å². The number of hydrogen-bond donors (Lipinski definition) is 0. The molecule has 31 heavy (non-hydrogen) atoms. The third kappa shape index (κ3) is 5.51. The number of nitrogens with zero attached hydrogens (tertiary/aromatic N) is 2. The van der Waals surface area contributed by atoms with Crippen LogP contribution in [0.1, 0.15) is 63.9 Å². The van der Waals surface area contributed by atoms with Crippen LogP contribution in [0.15, 0.2) is 35.2 Å². The Balaban J connectivity index is 1.37. The first-order valence-electron chi connectivity index (χ1n) is 12.0. The van der Waals surface area contributed by atoms with Crippen molar-refractivity contribution >= 4 is 29.3 Å². The van der Waals surface area contributed by atoms with Gasteiger partial charge in [-0.15, -0.1) is 11.8 Å². The molecule has 0 spiro atoms. The van der Waals surface area contributed by atoms with Crippen molar-refractivity contribution in [3.63, 3.8) is 0 Å². The summed E-state index contributed by atoms with van der Waals surface area (Å²) in [5.41, 5.74) is 1.42. The molecule has 3 aliphatic rings. The lowest BCUT2D eigenvalue weighted by Gasteiger charge is -2.32. The highest BCUT2D eigenvalue weighted by molar-refractivity contribution is 8.03. The van der Waals surface area contributed by atoms with Crippen molar-refractivity contribution in [2.24, 2.45) is 11.8 Å². The summed E-state index contributed by atoms with van der Waals surface area (Å²) < 4.78 is 0. The number of allylic oxidation sites excluding steroid dienone is 2. The summed E-state index contributed by atoms with van der Waals surface area (Å²) in [4.78, 5) is 19.1. The van der Waals surface area contributed by atoms with E-state index in [4.69, 9.17) is 11.6 Å². The molecule has 0 bridgehead atoms. The summed E-state index contributed by atoms with van der Waals surface area (Å²) in [6.07, 6.45) is 9.35. The Morgan fingerprint density at radius 2 is 1.87 bits per heavy atom. The van der Waals surface area contributed by atoms with E-state index in [1.807, 2.05) is 35.8 Å². The van der Waals surface area contributed by atoms with Crippen LogP contribution in [0.4, 0.5) is 0 Å². The predicted octanol–water partition coefficient (Wildman–Crippen LogP) is 6.19. The Hall–Kier alpha value is -0.970. The molecule has 1 aromatic carbocycles. The van der Waals surface area contributed by atoms with Gasteiger partial charge in [0.1, 0.15) is 0 Å². The fourth-order valence-electron chi connectivity index (χ4n) is 5.59. The quantitative estimate of drug-likeness (QED) is 0.505. The van der Waals surface area contributed by atoms with E-state index in [1.54, 1.807) is 0 Å². The van der Waals surface area contributed by atoms with Crippen LogP contribution in [0.2, 0.25) is 5.02 Å². The molecule has 0 radical (unpaired) electrons. The Labute approximate surface area is 197 Å². The monoisotopic (exact) mass is 460 g/mol. The molecule has 0 aromatic heterocycles. The fraction of sp³-hybridized carbons (Fsp3) is 0.654. The zero-order valence-electron chi connectivity index (χ0n) is 19.2. The first-order chi connectivity index (χ1) is 14.9. The molecule has 170 valence electrons. The molecule has 3 nitrogen and oxygen atoms in total. The number of likely N-dealkylation sites (tertiary alicyclic amines) is 1. The third-order valence-electron chi connectivity index (χ3n) is 7.60. The minimum Gasteiger partial charge on any atom is -0.341 e. The van der Waals surface area contributed by atoms with Crippen LogP contribution in [-0.2, 0) is 4.79 Å². The highest BCUT2D eigenvalue weighted by Gasteiger charge is 2.34. The second kappa shape index (κ2) is 10.3. The van der Waals surface area contributed by atoms with Crippen molar-refractivity contribution in [3.8, 4) is 0 Å². The van der Waals surface area contributed by atoms with Crippen molar-refractivity contribution < 1.29 is 4.79 Å². The van der Waals surface area contributed by atoms with Gasteiger partial charge in [-0.25, -0.2) is 0 Å². The number of hydrogen-bond acceptors (Lipinski definition) is 3. The molecule has 4 atom stereocenters. The lowest BCUT2D eigenvalue weighted by Crippen LogP contribution is -2.40. The minimum atomic E-state index is 0.316. The van der Waals surface area contributed by atoms with E-state index in [2.05, 4.69) is 37.0 Å². The molecule has 1 aromatic rings. The standard InChI is InChI=1S/C26H37ClN2OS/c1-18(2)29-13-12-22(16-29)28(3)26(30)15-19-14-25(31-17-19)24-7-5-4-6-23(24)20-8-10-21(27)11-9-20/h8-11,14,18-19,22-24H,4-7,12-13,15-17H2,1-3H3. The zero-order valence-corrected chi connectivity index (χ0v) is 20.8. The van der Waals surface area contributed by atoms with E-state index in [0.717, 1.165) is 30.3 Å². The fourth-order valence-corrected chi connectivity index (χ4v) is 7.12. The molecule has 1 aliphatic carbocycles. The zero-order chi connectivity index (χ0) is 22.0. The minimum absolute atomic E-state index is 0.316. The highest BCUT2D eigenvalue weighted by atomic mass is 35.5. The molecular formula is C26H37ClN2OS. The molecule has 2 aliphatic heterocycles. The molecule has 1 saturated carbocycles. The van der Waals surface area contributed by atoms with Gasteiger partial charge in [0.15, 0.2) is 0 Å². The van der Waals surface area contributed by atoms with Gasteiger partial charge >= 0.3 is 0 Å². The molecule has 5 heteroatoms. The van der Waals surface area contributed by atoms with Crippen molar-refractivity contribution in [1.29, 1.82) is 0 Å². The number of halogens is 1. The van der Waals surface area contributed by atoms with E-state index in [-0.39, 0.29) is 0 Å². The van der Waals surface area contributed by atoms with Crippen LogP contribution in [0, 0.1) is 11.8 Å². The summed E-state index contributed by atoms with van der Waals surface area (Å²) in [6, 6.07) is 9.42. The van der Waals surface area contributed by atoms with Gasteiger partial charge in [-0.3, -0.25) is 9.69 Å². The topological polar surface area (TPSA) is 23.6 Å². The Kier molecular flexibility index (Phi) is 7.72. The molecule has 4 unspecified atom stereocenters. The van der Waals surface area contributed by atoms with Gasteiger partial charge in [0.2, 0.25) is 5.91 Å². The van der Waals surface area contributed by atoms with E-state index >= 15 is 0 Å². The van der Waals surface area contributed by atoms with Crippen molar-refractivity contribution in [2.75, 3.05) is 25.9 Å². The van der Waals surface area contributed by atoms with Crippen molar-refractivity contribution in [3.05, 3.63) is 45.8 Å². The second-order valence-corrected chi connectivity index (χ2v) is 11.5. The van der Waals surface area contributed by atoms with Gasteiger partial charge in [0.05, 0.1) is 0 Å². The first kappa shape index (κ1) is 23.2. The Morgan fingerprint density at radius 3 is 2.55 bits per heavy atom. The van der Waals surface area contributed by atoms with Crippen LogP contribution in [0.3, 0.4) is 0 Å². The number of carbonyl (C=O) groups is 1. The third-order valence-corrected chi connectivity index (χ3v) is 9.22. The van der Waals surface area contributed by atoms with E-state index in [0.29, 0.717) is 42.2 Å². The number of rotatable bonds is 6. The number of thioether (sulfide) groups is 1. The summed E-state index contributed by atoms with van der Waals surface area (Å²) in [5, 5.41) is 0.812. The second-order valence-electron chi connectivity index (χ2n) is 9.93. The van der Waals surface area contributed by atoms with E-state index < -0.39 is 0 Å². The maximum Gasteiger partial charge on any atom is 0.223 e. The van der Waals surface area contributed by atoms with Gasteiger partial charge in [-0.1, -0.05) is 42.7 Å². The summed E-state index contributed by atoms with van der Waals surface area (Å²) in [6.45, 7) is 6.62. The van der Waals surface area contributed by atoms with E-state index in [1.165, 1.54) is 36.2 Å². The number of benzene rings is 1. The van der Waals surface area contributed by atoms with Crippen LogP contribution < -0.4 is 0 Å². The Bertz CT molecular complexity index is 793. The van der Waals surface area contributed by atoms with Crippen LogP contribution in [0.5, 0.6) is 0 Å². The average molecular weight is 461 g/mol. The number of carbonyl (C=O) groups excluding carboxylic acids is 1. The predicted molar refractivity (Wildman–Crippen MR) is 133 cm³/mol.